The van der Waals surface area contributed by atoms with E-state index in [1.54, 1.807) is 0 Å². The molecule has 1 aliphatic carbocycles. The van der Waals surface area contributed by atoms with Gasteiger partial charge in [0.25, 0.3) is 0 Å². The van der Waals surface area contributed by atoms with Crippen LogP contribution in [0.5, 0.6) is 0 Å². The molecule has 1 aliphatic rings. The highest BCUT2D eigenvalue weighted by Crippen LogP contribution is 2.37. The second-order valence-corrected chi connectivity index (χ2v) is 6.52. The minimum atomic E-state index is -0.0770. The number of hydrogen-bond donors (Lipinski definition) is 2. The second-order valence-electron chi connectivity index (χ2n) is 6.52. The number of nitrogens with two attached hydrogens (primary N) is 1. The summed E-state index contributed by atoms with van der Waals surface area (Å²) in [5.41, 5.74) is 7.18. The number of amides is 1. The molecule has 22 heavy (non-hydrogen) atoms. The van der Waals surface area contributed by atoms with Gasteiger partial charge in [-0.3, -0.25) is 4.79 Å². The van der Waals surface area contributed by atoms with Crippen LogP contribution >= 0.6 is 12.4 Å². The first kappa shape index (κ1) is 19.0. The quantitative estimate of drug-likeness (QED) is 0.814. The normalized spacial score (nSPS) is 18.6. The molecule has 1 amide bonds. The van der Waals surface area contributed by atoms with Crippen LogP contribution in [0.3, 0.4) is 0 Å². The molecule has 0 saturated heterocycles. The van der Waals surface area contributed by atoms with Crippen molar-refractivity contribution in [1.82, 2.24) is 5.32 Å². The van der Waals surface area contributed by atoms with Crippen molar-refractivity contribution >= 4 is 18.3 Å². The van der Waals surface area contributed by atoms with Gasteiger partial charge >= 0.3 is 0 Å². The topological polar surface area (TPSA) is 55.1 Å². The Hall–Kier alpha value is -1.06. The fraction of sp³-hybridized carbons (Fsp3) is 0.611. The Bertz CT molecular complexity index is 440. The van der Waals surface area contributed by atoms with Gasteiger partial charge in [0, 0.05) is 24.4 Å². The molecule has 1 saturated carbocycles. The standard InChI is InChI=1S/C18H28N2O.ClH/c1-15(19)13-17(21)20-14-18(11-7-2-3-8-12-18)16-9-5-4-6-10-16;/h4-6,9-10,15H,2-3,7-8,11-14,19H2,1H3,(H,20,21);1H. The molecule has 4 heteroatoms. The predicted molar refractivity (Wildman–Crippen MR) is 94.3 cm³/mol. The highest BCUT2D eigenvalue weighted by atomic mass is 35.5. The van der Waals surface area contributed by atoms with Crippen molar-refractivity contribution < 1.29 is 4.79 Å². The molecule has 0 aliphatic heterocycles. The number of halogens is 1. The zero-order valence-corrected chi connectivity index (χ0v) is 14.3. The smallest absolute Gasteiger partial charge is 0.221 e. The molecule has 1 aromatic carbocycles. The van der Waals surface area contributed by atoms with E-state index in [1.807, 2.05) is 6.92 Å². The third-order valence-electron chi connectivity index (χ3n) is 4.58. The Morgan fingerprint density at radius 1 is 1.18 bits per heavy atom. The molecule has 1 fully saturated rings. The molecule has 1 atom stereocenters. The number of rotatable bonds is 5. The molecule has 1 aromatic rings. The van der Waals surface area contributed by atoms with Gasteiger partial charge in [-0.05, 0) is 25.3 Å². The molecule has 2 rings (SSSR count). The Kier molecular flexibility index (Phi) is 7.91. The van der Waals surface area contributed by atoms with Crippen molar-refractivity contribution in [3.05, 3.63) is 35.9 Å². The summed E-state index contributed by atoms with van der Waals surface area (Å²) >= 11 is 0. The third-order valence-corrected chi connectivity index (χ3v) is 4.58. The summed E-state index contributed by atoms with van der Waals surface area (Å²) in [7, 11) is 0. The van der Waals surface area contributed by atoms with E-state index >= 15 is 0 Å². The number of benzene rings is 1. The van der Waals surface area contributed by atoms with E-state index in [1.165, 1.54) is 31.2 Å². The second kappa shape index (κ2) is 9.16. The summed E-state index contributed by atoms with van der Waals surface area (Å²) in [6, 6.07) is 10.6. The first-order chi connectivity index (χ1) is 10.1. The van der Waals surface area contributed by atoms with Crippen molar-refractivity contribution in [3.63, 3.8) is 0 Å². The van der Waals surface area contributed by atoms with Crippen LogP contribution in [0.2, 0.25) is 0 Å². The van der Waals surface area contributed by atoms with Crippen LogP contribution in [-0.2, 0) is 10.2 Å². The largest absolute Gasteiger partial charge is 0.355 e. The Morgan fingerprint density at radius 2 is 1.77 bits per heavy atom. The van der Waals surface area contributed by atoms with Crippen LogP contribution in [0.4, 0.5) is 0 Å². The van der Waals surface area contributed by atoms with Crippen molar-refractivity contribution in [2.75, 3.05) is 6.54 Å². The fourth-order valence-electron chi connectivity index (χ4n) is 3.40. The van der Waals surface area contributed by atoms with Crippen molar-refractivity contribution in [2.24, 2.45) is 5.73 Å². The zero-order chi connectivity index (χ0) is 15.1. The van der Waals surface area contributed by atoms with Crippen molar-refractivity contribution in [2.45, 2.75) is 63.3 Å². The van der Waals surface area contributed by atoms with Crippen LogP contribution in [0.1, 0.15) is 57.4 Å². The summed E-state index contributed by atoms with van der Waals surface area (Å²) in [5, 5.41) is 3.13. The van der Waals surface area contributed by atoms with E-state index in [0.717, 1.165) is 19.4 Å². The zero-order valence-electron chi connectivity index (χ0n) is 13.5. The van der Waals surface area contributed by atoms with Crippen LogP contribution in [0.15, 0.2) is 30.3 Å². The highest BCUT2D eigenvalue weighted by molar-refractivity contribution is 5.85. The minimum Gasteiger partial charge on any atom is -0.355 e. The highest BCUT2D eigenvalue weighted by Gasteiger charge is 2.33. The molecule has 0 heterocycles. The van der Waals surface area contributed by atoms with E-state index in [-0.39, 0.29) is 29.8 Å². The number of carbonyl (C=O) groups excluding carboxylic acids is 1. The number of carbonyl (C=O) groups is 1. The SMILES string of the molecule is CC(N)CC(=O)NCC1(c2ccccc2)CCCCCC1.Cl. The lowest BCUT2D eigenvalue weighted by molar-refractivity contribution is -0.121. The van der Waals surface area contributed by atoms with Gasteiger partial charge in [0.15, 0.2) is 0 Å². The maximum Gasteiger partial charge on any atom is 0.221 e. The van der Waals surface area contributed by atoms with E-state index in [0.29, 0.717) is 6.42 Å². The van der Waals surface area contributed by atoms with E-state index in [2.05, 4.69) is 35.6 Å². The van der Waals surface area contributed by atoms with Crippen molar-refractivity contribution in [1.29, 1.82) is 0 Å². The van der Waals surface area contributed by atoms with Gasteiger partial charge in [0.05, 0.1) is 0 Å². The monoisotopic (exact) mass is 324 g/mol. The molecule has 3 nitrogen and oxygen atoms in total. The minimum absolute atomic E-state index is 0. The summed E-state index contributed by atoms with van der Waals surface area (Å²) in [6.45, 7) is 2.61. The lowest BCUT2D eigenvalue weighted by Crippen LogP contribution is -2.41. The first-order valence-electron chi connectivity index (χ1n) is 8.20. The van der Waals surface area contributed by atoms with E-state index in [9.17, 15) is 4.79 Å². The molecule has 3 N–H and O–H groups in total. The fourth-order valence-corrected chi connectivity index (χ4v) is 3.40. The average molecular weight is 325 g/mol. The van der Waals surface area contributed by atoms with Crippen LogP contribution < -0.4 is 11.1 Å². The molecule has 0 spiro atoms. The Morgan fingerprint density at radius 3 is 2.32 bits per heavy atom. The van der Waals surface area contributed by atoms with Crippen molar-refractivity contribution in [3.8, 4) is 0 Å². The lowest BCUT2D eigenvalue weighted by atomic mass is 9.74. The molecule has 1 unspecified atom stereocenters. The van der Waals surface area contributed by atoms with Gasteiger partial charge in [-0.1, -0.05) is 56.0 Å². The Labute approximate surface area is 140 Å². The third kappa shape index (κ3) is 5.29. The van der Waals surface area contributed by atoms with Gasteiger partial charge in [0.2, 0.25) is 5.91 Å². The van der Waals surface area contributed by atoms with Gasteiger partial charge in [-0.15, -0.1) is 12.4 Å². The van der Waals surface area contributed by atoms with Crippen LogP contribution in [0, 0.1) is 0 Å². The average Bonchev–Trinajstić information content (AvgIpc) is 2.72. The Balaban J connectivity index is 0.00000242. The van der Waals surface area contributed by atoms with E-state index < -0.39 is 0 Å². The van der Waals surface area contributed by atoms with Crippen LogP contribution in [-0.4, -0.2) is 18.5 Å². The van der Waals surface area contributed by atoms with Gasteiger partial charge < -0.3 is 11.1 Å². The lowest BCUT2D eigenvalue weighted by Gasteiger charge is -2.34. The molecule has 124 valence electrons. The van der Waals surface area contributed by atoms with Gasteiger partial charge in [-0.25, -0.2) is 0 Å². The maximum atomic E-state index is 12.0. The molecular formula is C18H29ClN2O. The molecular weight excluding hydrogens is 296 g/mol. The van der Waals surface area contributed by atoms with E-state index in [4.69, 9.17) is 5.73 Å². The maximum absolute atomic E-state index is 12.0. The summed E-state index contributed by atoms with van der Waals surface area (Å²) in [4.78, 5) is 12.0. The first-order valence-corrected chi connectivity index (χ1v) is 8.20. The molecule has 0 aromatic heterocycles. The summed E-state index contributed by atoms with van der Waals surface area (Å²) in [6.07, 6.45) is 7.84. The number of nitrogens with one attached hydrogen (secondary N) is 1. The number of hydrogen-bond acceptors (Lipinski definition) is 2. The predicted octanol–water partition coefficient (Wildman–Crippen LogP) is 3.55. The molecule has 0 bridgehead atoms. The summed E-state index contributed by atoms with van der Waals surface area (Å²) in [5.74, 6) is 0.0737. The van der Waals surface area contributed by atoms with Gasteiger partial charge in [-0.2, -0.15) is 0 Å². The van der Waals surface area contributed by atoms with Crippen LogP contribution in [0.25, 0.3) is 0 Å². The summed E-state index contributed by atoms with van der Waals surface area (Å²) < 4.78 is 0. The molecule has 0 radical (unpaired) electrons. The van der Waals surface area contributed by atoms with Gasteiger partial charge in [0.1, 0.15) is 0 Å².